The molecule has 1 fully saturated rings. The minimum absolute atomic E-state index is 0.0752. The first kappa shape index (κ1) is 12.9. The fraction of sp³-hybridized carbons (Fsp3) is 0.500. The van der Waals surface area contributed by atoms with E-state index in [1.165, 1.54) is 36.0 Å². The van der Waals surface area contributed by atoms with Crippen LogP contribution < -0.4 is 5.56 Å². The maximum Gasteiger partial charge on any atom is 0.272 e. The van der Waals surface area contributed by atoms with Crippen molar-refractivity contribution in [2.45, 2.75) is 38.1 Å². The summed E-state index contributed by atoms with van der Waals surface area (Å²) in [4.78, 5) is 30.2. The number of nitrogens with one attached hydrogen (secondary N) is 1. The molecule has 0 unspecified atom stereocenters. The zero-order valence-electron chi connectivity index (χ0n) is 11.5. The summed E-state index contributed by atoms with van der Waals surface area (Å²) in [6, 6.07) is 1.66. The molecule has 1 aliphatic rings. The van der Waals surface area contributed by atoms with Gasteiger partial charge >= 0.3 is 0 Å². The summed E-state index contributed by atoms with van der Waals surface area (Å²) in [6.45, 7) is 0. The topological polar surface area (TPSA) is 70.5 Å². The Bertz CT molecular complexity index is 682. The maximum atomic E-state index is 12.6. The Morgan fingerprint density at radius 2 is 2.15 bits per heavy atom. The van der Waals surface area contributed by atoms with Gasteiger partial charge < -0.3 is 4.90 Å². The third-order valence-corrected chi connectivity index (χ3v) is 4.10. The third-order valence-electron chi connectivity index (χ3n) is 4.10. The molecule has 1 N–H and O–H groups in total. The molecule has 0 aliphatic heterocycles. The molecule has 0 bridgehead atoms. The molecule has 0 radical (unpaired) electrons. The minimum Gasteiger partial charge on any atom is -0.339 e. The van der Waals surface area contributed by atoms with Crippen molar-refractivity contribution >= 4 is 11.6 Å². The van der Waals surface area contributed by atoms with E-state index in [0.29, 0.717) is 17.3 Å². The van der Waals surface area contributed by atoms with Crippen LogP contribution >= 0.6 is 0 Å². The second-order valence-electron chi connectivity index (χ2n) is 5.34. The maximum absolute atomic E-state index is 12.6. The van der Waals surface area contributed by atoms with E-state index in [1.54, 1.807) is 11.1 Å². The first-order valence-electron chi connectivity index (χ1n) is 7.01. The number of amides is 1. The van der Waals surface area contributed by atoms with Crippen LogP contribution in [-0.2, 0) is 0 Å². The number of aromatic amines is 1. The first-order chi connectivity index (χ1) is 9.68. The largest absolute Gasteiger partial charge is 0.339 e. The monoisotopic (exact) mass is 274 g/mol. The van der Waals surface area contributed by atoms with Crippen LogP contribution in [0.15, 0.2) is 23.3 Å². The number of fused-ring (bicyclic) bond motifs is 1. The van der Waals surface area contributed by atoms with Gasteiger partial charge in [-0.2, -0.15) is 0 Å². The molecule has 6 nitrogen and oxygen atoms in total. The molecular weight excluding hydrogens is 256 g/mol. The molecule has 0 saturated heterocycles. The molecule has 2 aromatic rings. The van der Waals surface area contributed by atoms with Crippen LogP contribution in [0.4, 0.5) is 0 Å². The van der Waals surface area contributed by atoms with Gasteiger partial charge in [-0.1, -0.05) is 19.3 Å². The van der Waals surface area contributed by atoms with Gasteiger partial charge in [-0.15, -0.1) is 0 Å². The fourth-order valence-electron chi connectivity index (χ4n) is 2.90. The number of rotatable bonds is 2. The summed E-state index contributed by atoms with van der Waals surface area (Å²) >= 11 is 0. The number of aromatic nitrogens is 3. The SMILES string of the molecule is CN(C(=O)c1c[nH]n2c(=O)ccnc12)C1CCCCC1. The molecular formula is C14H18N4O2. The summed E-state index contributed by atoms with van der Waals surface area (Å²) < 4.78 is 1.29. The van der Waals surface area contributed by atoms with Gasteiger partial charge in [0.1, 0.15) is 5.56 Å². The lowest BCUT2D eigenvalue weighted by Crippen LogP contribution is -2.38. The Hall–Kier alpha value is -2.11. The van der Waals surface area contributed by atoms with Gasteiger partial charge in [-0.25, -0.2) is 9.50 Å². The van der Waals surface area contributed by atoms with Crippen LogP contribution in [-0.4, -0.2) is 38.5 Å². The van der Waals surface area contributed by atoms with E-state index in [-0.39, 0.29) is 11.5 Å². The van der Waals surface area contributed by atoms with E-state index in [1.807, 2.05) is 7.05 Å². The average Bonchev–Trinajstić information content (AvgIpc) is 2.92. The first-order valence-corrected chi connectivity index (χ1v) is 7.01. The Morgan fingerprint density at radius 3 is 2.90 bits per heavy atom. The van der Waals surface area contributed by atoms with Crippen molar-refractivity contribution in [1.29, 1.82) is 0 Å². The molecule has 1 aliphatic carbocycles. The van der Waals surface area contributed by atoms with Crippen LogP contribution in [0.25, 0.3) is 5.65 Å². The number of carbonyl (C=O) groups is 1. The highest BCUT2D eigenvalue weighted by Gasteiger charge is 2.25. The van der Waals surface area contributed by atoms with Crippen LogP contribution in [0, 0.1) is 0 Å². The molecule has 106 valence electrons. The van der Waals surface area contributed by atoms with E-state index >= 15 is 0 Å². The van der Waals surface area contributed by atoms with E-state index in [0.717, 1.165) is 12.8 Å². The van der Waals surface area contributed by atoms with Gasteiger partial charge in [0.15, 0.2) is 5.65 Å². The molecule has 1 amide bonds. The summed E-state index contributed by atoms with van der Waals surface area (Å²) in [5, 5.41) is 2.79. The molecule has 3 rings (SSSR count). The predicted molar refractivity (Wildman–Crippen MR) is 74.8 cm³/mol. The van der Waals surface area contributed by atoms with Crippen molar-refractivity contribution < 1.29 is 4.79 Å². The van der Waals surface area contributed by atoms with Crippen LogP contribution in [0.5, 0.6) is 0 Å². The zero-order valence-corrected chi connectivity index (χ0v) is 11.5. The van der Waals surface area contributed by atoms with E-state index < -0.39 is 0 Å². The van der Waals surface area contributed by atoms with Crippen molar-refractivity contribution in [3.63, 3.8) is 0 Å². The fourth-order valence-corrected chi connectivity index (χ4v) is 2.90. The lowest BCUT2D eigenvalue weighted by molar-refractivity contribution is 0.0698. The third kappa shape index (κ3) is 2.11. The van der Waals surface area contributed by atoms with Crippen molar-refractivity contribution in [2.24, 2.45) is 0 Å². The highest BCUT2D eigenvalue weighted by atomic mass is 16.2. The van der Waals surface area contributed by atoms with Crippen LogP contribution in [0.2, 0.25) is 0 Å². The Labute approximate surface area is 116 Å². The average molecular weight is 274 g/mol. The molecule has 1 saturated carbocycles. The van der Waals surface area contributed by atoms with Gasteiger partial charge in [0.25, 0.3) is 11.5 Å². The number of carbonyl (C=O) groups excluding carboxylic acids is 1. The molecule has 20 heavy (non-hydrogen) atoms. The smallest absolute Gasteiger partial charge is 0.272 e. The lowest BCUT2D eigenvalue weighted by atomic mass is 9.94. The molecule has 0 aromatic carbocycles. The molecule has 6 heteroatoms. The summed E-state index contributed by atoms with van der Waals surface area (Å²) in [5.74, 6) is -0.0752. The Balaban J connectivity index is 1.92. The minimum atomic E-state index is -0.214. The van der Waals surface area contributed by atoms with Gasteiger partial charge in [0, 0.05) is 31.5 Å². The predicted octanol–water partition coefficient (Wildman–Crippen LogP) is 1.43. The summed E-state index contributed by atoms with van der Waals surface area (Å²) in [7, 11) is 1.84. The van der Waals surface area contributed by atoms with E-state index in [4.69, 9.17) is 0 Å². The summed E-state index contributed by atoms with van der Waals surface area (Å²) in [5.41, 5.74) is 0.635. The Morgan fingerprint density at radius 1 is 1.40 bits per heavy atom. The van der Waals surface area contributed by atoms with Gasteiger partial charge in [-0.3, -0.25) is 14.7 Å². The van der Waals surface area contributed by atoms with E-state index in [9.17, 15) is 9.59 Å². The second kappa shape index (κ2) is 5.11. The standard InChI is InChI=1S/C14H18N4O2/c1-17(10-5-3-2-4-6-10)14(20)11-9-16-18-12(19)7-8-15-13(11)18/h7-10,16H,2-6H2,1H3. The van der Waals surface area contributed by atoms with Crippen molar-refractivity contribution in [3.05, 3.63) is 34.4 Å². The van der Waals surface area contributed by atoms with Crippen LogP contribution in [0.1, 0.15) is 42.5 Å². The highest BCUT2D eigenvalue weighted by Crippen LogP contribution is 2.23. The highest BCUT2D eigenvalue weighted by molar-refractivity contribution is 5.99. The Kier molecular flexibility index (Phi) is 3.30. The van der Waals surface area contributed by atoms with Crippen LogP contribution in [0.3, 0.4) is 0 Å². The normalized spacial score (nSPS) is 16.4. The molecule has 2 heterocycles. The zero-order chi connectivity index (χ0) is 14.1. The number of hydrogen-bond donors (Lipinski definition) is 1. The molecule has 0 atom stereocenters. The second-order valence-corrected chi connectivity index (χ2v) is 5.34. The molecule has 0 spiro atoms. The number of hydrogen-bond acceptors (Lipinski definition) is 3. The van der Waals surface area contributed by atoms with Crippen molar-refractivity contribution in [3.8, 4) is 0 Å². The summed E-state index contributed by atoms with van der Waals surface area (Å²) in [6.07, 6.45) is 8.70. The van der Waals surface area contributed by atoms with Gasteiger partial charge in [0.2, 0.25) is 0 Å². The quantitative estimate of drug-likeness (QED) is 0.900. The van der Waals surface area contributed by atoms with Gasteiger partial charge in [-0.05, 0) is 12.8 Å². The van der Waals surface area contributed by atoms with Crippen molar-refractivity contribution in [2.75, 3.05) is 7.05 Å². The lowest BCUT2D eigenvalue weighted by Gasteiger charge is -2.30. The molecule has 2 aromatic heterocycles. The van der Waals surface area contributed by atoms with Gasteiger partial charge in [0.05, 0.1) is 0 Å². The van der Waals surface area contributed by atoms with Crippen molar-refractivity contribution in [1.82, 2.24) is 19.5 Å². The number of nitrogens with zero attached hydrogens (tertiary/aromatic N) is 3. The number of H-pyrrole nitrogens is 1. The van der Waals surface area contributed by atoms with E-state index in [2.05, 4.69) is 10.1 Å².